The monoisotopic (exact) mass is 238 g/mol. The summed E-state index contributed by atoms with van der Waals surface area (Å²) in [7, 11) is 0. The van der Waals surface area contributed by atoms with Crippen LogP contribution in [0.5, 0.6) is 0 Å². The van der Waals surface area contributed by atoms with Crippen LogP contribution in [0.1, 0.15) is 18.5 Å². The first-order valence-corrected chi connectivity index (χ1v) is 5.90. The molecule has 0 saturated heterocycles. The van der Waals surface area contributed by atoms with Gasteiger partial charge in [0.15, 0.2) is 5.65 Å². The smallest absolute Gasteiger partial charge is 0.159 e. The van der Waals surface area contributed by atoms with Crippen molar-refractivity contribution in [2.75, 3.05) is 0 Å². The Labute approximate surface area is 105 Å². The van der Waals surface area contributed by atoms with Gasteiger partial charge >= 0.3 is 0 Å². The van der Waals surface area contributed by atoms with Crippen LogP contribution in [-0.2, 0) is 0 Å². The van der Waals surface area contributed by atoms with Gasteiger partial charge in [-0.3, -0.25) is 0 Å². The van der Waals surface area contributed by atoms with E-state index in [-0.39, 0.29) is 6.04 Å². The highest BCUT2D eigenvalue weighted by Crippen LogP contribution is 2.20. The molecule has 90 valence electrons. The van der Waals surface area contributed by atoms with Gasteiger partial charge in [0.05, 0.1) is 6.20 Å². The van der Waals surface area contributed by atoms with Crippen LogP contribution in [-0.4, -0.2) is 14.6 Å². The highest BCUT2D eigenvalue weighted by Gasteiger charge is 2.09. The molecular formula is C14H14N4. The molecule has 0 aliphatic carbocycles. The number of fused-ring (bicyclic) bond motifs is 1. The van der Waals surface area contributed by atoms with Crippen molar-refractivity contribution < 1.29 is 0 Å². The Morgan fingerprint density at radius 3 is 2.61 bits per heavy atom. The molecule has 4 heteroatoms. The van der Waals surface area contributed by atoms with Gasteiger partial charge in [0.1, 0.15) is 0 Å². The van der Waals surface area contributed by atoms with E-state index < -0.39 is 0 Å². The molecule has 2 N–H and O–H groups in total. The molecule has 18 heavy (non-hydrogen) atoms. The minimum absolute atomic E-state index is 0.0578. The second-order valence-corrected chi connectivity index (χ2v) is 4.37. The SMILES string of the molecule is CC(N)c1cnn2cc(-c3ccccc3)cnc12. The number of rotatable bonds is 2. The van der Waals surface area contributed by atoms with Gasteiger partial charge < -0.3 is 5.73 Å². The minimum Gasteiger partial charge on any atom is -0.324 e. The lowest BCUT2D eigenvalue weighted by Crippen LogP contribution is -2.05. The zero-order valence-electron chi connectivity index (χ0n) is 10.1. The van der Waals surface area contributed by atoms with Gasteiger partial charge in [-0.2, -0.15) is 5.10 Å². The lowest BCUT2D eigenvalue weighted by atomic mass is 10.1. The van der Waals surface area contributed by atoms with Gasteiger partial charge in [0.25, 0.3) is 0 Å². The average Bonchev–Trinajstić information content (AvgIpc) is 2.82. The fourth-order valence-corrected chi connectivity index (χ4v) is 1.99. The van der Waals surface area contributed by atoms with E-state index in [4.69, 9.17) is 5.73 Å². The maximum Gasteiger partial charge on any atom is 0.159 e. The van der Waals surface area contributed by atoms with Gasteiger partial charge in [-0.15, -0.1) is 0 Å². The van der Waals surface area contributed by atoms with Crippen molar-refractivity contribution in [1.29, 1.82) is 0 Å². The fourth-order valence-electron chi connectivity index (χ4n) is 1.99. The topological polar surface area (TPSA) is 56.2 Å². The van der Waals surface area contributed by atoms with Crippen LogP contribution < -0.4 is 5.73 Å². The van der Waals surface area contributed by atoms with Crippen molar-refractivity contribution in [3.05, 3.63) is 54.5 Å². The highest BCUT2D eigenvalue weighted by molar-refractivity contribution is 5.63. The molecule has 0 spiro atoms. The van der Waals surface area contributed by atoms with Crippen molar-refractivity contribution in [2.24, 2.45) is 5.73 Å². The maximum absolute atomic E-state index is 5.88. The standard InChI is InChI=1S/C14H14N4/c1-10(15)13-8-17-18-9-12(7-16-14(13)18)11-5-3-2-4-6-11/h2-10H,15H2,1H3. The summed E-state index contributed by atoms with van der Waals surface area (Å²) in [4.78, 5) is 4.46. The first-order valence-electron chi connectivity index (χ1n) is 5.90. The Morgan fingerprint density at radius 1 is 1.11 bits per heavy atom. The first kappa shape index (κ1) is 10.9. The molecule has 0 saturated carbocycles. The van der Waals surface area contributed by atoms with Crippen LogP contribution in [0.2, 0.25) is 0 Å². The third-order valence-electron chi connectivity index (χ3n) is 2.98. The number of nitrogens with zero attached hydrogens (tertiary/aromatic N) is 3. The molecule has 2 aromatic heterocycles. The van der Waals surface area contributed by atoms with Crippen LogP contribution in [0, 0.1) is 0 Å². The molecule has 2 heterocycles. The summed E-state index contributed by atoms with van der Waals surface area (Å²) in [5.41, 5.74) is 9.84. The summed E-state index contributed by atoms with van der Waals surface area (Å²) in [6.07, 6.45) is 5.61. The first-order chi connectivity index (χ1) is 8.75. The predicted molar refractivity (Wildman–Crippen MR) is 71.0 cm³/mol. The summed E-state index contributed by atoms with van der Waals surface area (Å²) < 4.78 is 1.78. The minimum atomic E-state index is -0.0578. The number of aromatic nitrogens is 3. The van der Waals surface area contributed by atoms with Gasteiger partial charge in [-0.25, -0.2) is 9.50 Å². The van der Waals surface area contributed by atoms with Gasteiger partial charge in [0, 0.05) is 29.6 Å². The normalized spacial score (nSPS) is 12.8. The van der Waals surface area contributed by atoms with Crippen LogP contribution in [0.3, 0.4) is 0 Å². The summed E-state index contributed by atoms with van der Waals surface area (Å²) in [5.74, 6) is 0. The third kappa shape index (κ3) is 1.76. The van der Waals surface area contributed by atoms with Crippen molar-refractivity contribution in [2.45, 2.75) is 13.0 Å². The summed E-state index contributed by atoms with van der Waals surface area (Å²) in [5, 5.41) is 4.30. The number of benzene rings is 1. The number of hydrogen-bond donors (Lipinski definition) is 1. The summed E-state index contributed by atoms with van der Waals surface area (Å²) >= 11 is 0. The van der Waals surface area contributed by atoms with Crippen molar-refractivity contribution in [3.8, 4) is 11.1 Å². The second kappa shape index (κ2) is 4.23. The van der Waals surface area contributed by atoms with Crippen LogP contribution in [0.15, 0.2) is 48.9 Å². The lowest BCUT2D eigenvalue weighted by Gasteiger charge is -2.04. The van der Waals surface area contributed by atoms with E-state index >= 15 is 0 Å². The number of nitrogens with two attached hydrogens (primary N) is 1. The molecule has 0 aliphatic rings. The Kier molecular flexibility index (Phi) is 2.57. The Morgan fingerprint density at radius 2 is 1.89 bits per heavy atom. The molecule has 1 atom stereocenters. The fraction of sp³-hybridized carbons (Fsp3) is 0.143. The van der Waals surface area contributed by atoms with Gasteiger partial charge in [-0.1, -0.05) is 30.3 Å². The van der Waals surface area contributed by atoms with E-state index in [0.29, 0.717) is 0 Å². The zero-order valence-corrected chi connectivity index (χ0v) is 10.1. The van der Waals surface area contributed by atoms with Crippen LogP contribution in [0.4, 0.5) is 0 Å². The molecule has 1 unspecified atom stereocenters. The molecule has 0 aliphatic heterocycles. The molecule has 0 radical (unpaired) electrons. The van der Waals surface area contributed by atoms with E-state index in [1.165, 1.54) is 0 Å². The molecule has 4 nitrogen and oxygen atoms in total. The summed E-state index contributed by atoms with van der Waals surface area (Å²) in [6.45, 7) is 1.93. The average molecular weight is 238 g/mol. The Bertz CT molecular complexity index is 671. The van der Waals surface area contributed by atoms with Crippen molar-refractivity contribution in [1.82, 2.24) is 14.6 Å². The zero-order chi connectivity index (χ0) is 12.5. The van der Waals surface area contributed by atoms with Crippen molar-refractivity contribution >= 4 is 5.65 Å². The van der Waals surface area contributed by atoms with Crippen molar-refractivity contribution in [3.63, 3.8) is 0 Å². The van der Waals surface area contributed by atoms with E-state index in [9.17, 15) is 0 Å². The largest absolute Gasteiger partial charge is 0.324 e. The predicted octanol–water partition coefficient (Wildman–Crippen LogP) is 2.42. The molecular weight excluding hydrogens is 224 g/mol. The van der Waals surface area contributed by atoms with E-state index in [1.807, 2.05) is 37.5 Å². The lowest BCUT2D eigenvalue weighted by molar-refractivity contribution is 0.823. The second-order valence-electron chi connectivity index (χ2n) is 4.37. The third-order valence-corrected chi connectivity index (χ3v) is 2.98. The van der Waals surface area contributed by atoms with E-state index in [1.54, 1.807) is 10.7 Å². The quantitative estimate of drug-likeness (QED) is 0.746. The molecule has 3 aromatic rings. The maximum atomic E-state index is 5.88. The highest BCUT2D eigenvalue weighted by atomic mass is 15.2. The van der Waals surface area contributed by atoms with Gasteiger partial charge in [-0.05, 0) is 12.5 Å². The molecule has 1 aromatic carbocycles. The molecule has 3 rings (SSSR count). The van der Waals surface area contributed by atoms with E-state index in [2.05, 4.69) is 22.2 Å². The molecule has 0 amide bonds. The van der Waals surface area contributed by atoms with Crippen LogP contribution in [0.25, 0.3) is 16.8 Å². The molecule has 0 bridgehead atoms. The Hall–Kier alpha value is -2.20. The molecule has 0 fully saturated rings. The van der Waals surface area contributed by atoms with Gasteiger partial charge in [0.2, 0.25) is 0 Å². The summed E-state index contributed by atoms with van der Waals surface area (Å²) in [6, 6.07) is 10.1. The Balaban J connectivity index is 2.13. The number of hydrogen-bond acceptors (Lipinski definition) is 3. The van der Waals surface area contributed by atoms with Crippen LogP contribution >= 0.6 is 0 Å². The van der Waals surface area contributed by atoms with E-state index in [0.717, 1.165) is 22.3 Å².